The zero-order valence-corrected chi connectivity index (χ0v) is 4.41. The molecule has 8 heavy (non-hydrogen) atoms. The van der Waals surface area contributed by atoms with E-state index in [0.717, 1.165) is 13.2 Å². The second-order valence-corrected chi connectivity index (χ2v) is 1.02. The van der Waals surface area contributed by atoms with Gasteiger partial charge in [-0.3, -0.25) is 9.79 Å². The van der Waals surface area contributed by atoms with Crippen molar-refractivity contribution >= 4 is 12.8 Å². The van der Waals surface area contributed by atoms with Gasteiger partial charge in [-0.05, 0) is 0 Å². The summed E-state index contributed by atoms with van der Waals surface area (Å²) in [5.41, 5.74) is 4.17. The van der Waals surface area contributed by atoms with E-state index in [1.54, 1.807) is 0 Å². The summed E-state index contributed by atoms with van der Waals surface area (Å²) < 4.78 is 4.65. The molecule has 1 rings (SSSR count). The van der Waals surface area contributed by atoms with Crippen molar-refractivity contribution in [3.8, 4) is 0 Å². The van der Waals surface area contributed by atoms with Gasteiger partial charge in [-0.2, -0.15) is 0 Å². The van der Waals surface area contributed by atoms with Crippen LogP contribution in [0.1, 0.15) is 0 Å². The van der Waals surface area contributed by atoms with E-state index in [4.69, 9.17) is 4.79 Å². The highest BCUT2D eigenvalue weighted by Gasteiger charge is 1.84. The van der Waals surface area contributed by atoms with Crippen molar-refractivity contribution in [3.63, 3.8) is 0 Å². The summed E-state index contributed by atoms with van der Waals surface area (Å²) in [4.78, 5) is 12.3. The van der Waals surface area contributed by atoms with E-state index in [2.05, 4.69) is 15.5 Å². The van der Waals surface area contributed by atoms with Gasteiger partial charge in [0, 0.05) is 0 Å². The van der Waals surface area contributed by atoms with E-state index in [1.165, 1.54) is 6.40 Å². The van der Waals surface area contributed by atoms with Crippen LogP contribution < -0.4 is 5.73 Å². The maximum atomic E-state index is 8.58. The van der Waals surface area contributed by atoms with Gasteiger partial charge in [-0.15, -0.1) is 0 Å². The summed E-state index contributed by atoms with van der Waals surface area (Å²) in [6, 6.07) is 0. The lowest BCUT2D eigenvalue weighted by atomic mass is 10.8. The Morgan fingerprint density at radius 3 is 2.62 bits per heavy atom. The molecule has 4 heteroatoms. The molecule has 0 radical (unpaired) electrons. The van der Waals surface area contributed by atoms with Crippen molar-refractivity contribution in [1.29, 1.82) is 0 Å². The number of carbonyl (C=O) groups excluding carboxylic acids is 1. The van der Waals surface area contributed by atoms with Crippen LogP contribution in [0.15, 0.2) is 4.99 Å². The lowest BCUT2D eigenvalue weighted by molar-refractivity contribution is -0.106. The number of hydrogen-bond donors (Lipinski definition) is 1. The average Bonchev–Trinajstić information content (AvgIpc) is 2.17. The predicted molar refractivity (Wildman–Crippen MR) is 29.6 cm³/mol. The van der Waals surface area contributed by atoms with Crippen LogP contribution in [0.2, 0.25) is 0 Å². The molecule has 0 saturated heterocycles. The number of hydrogen-bond acceptors (Lipinski definition) is 3. The number of aliphatic imine (C=N–C) groups is 1. The molecule has 1 amide bonds. The molecule has 0 aromatic rings. The van der Waals surface area contributed by atoms with Crippen molar-refractivity contribution < 1.29 is 9.53 Å². The third-order valence-electron chi connectivity index (χ3n) is 0.487. The molecule has 1 aliphatic heterocycles. The molecule has 0 aliphatic carbocycles. The number of amides is 1. The summed E-state index contributed by atoms with van der Waals surface area (Å²) in [6.45, 7) is 1.62. The fourth-order valence-corrected chi connectivity index (χ4v) is 0.264. The van der Waals surface area contributed by atoms with Crippen LogP contribution in [0.5, 0.6) is 0 Å². The lowest BCUT2D eigenvalue weighted by Crippen LogP contribution is -1.82. The van der Waals surface area contributed by atoms with Gasteiger partial charge in [0.1, 0.15) is 6.61 Å². The van der Waals surface area contributed by atoms with E-state index in [9.17, 15) is 0 Å². The van der Waals surface area contributed by atoms with E-state index >= 15 is 0 Å². The van der Waals surface area contributed by atoms with Gasteiger partial charge >= 0.3 is 0 Å². The highest BCUT2D eigenvalue weighted by atomic mass is 16.5. The van der Waals surface area contributed by atoms with Gasteiger partial charge in [0.25, 0.3) is 0 Å². The molecular weight excluding hydrogens is 108 g/mol. The van der Waals surface area contributed by atoms with Gasteiger partial charge in [0.2, 0.25) is 6.41 Å². The summed E-state index contributed by atoms with van der Waals surface area (Å²) >= 11 is 0. The summed E-state index contributed by atoms with van der Waals surface area (Å²) in [7, 11) is 0. The SMILES string of the molecule is C1=NCCO1.NC=O. The zero-order valence-electron chi connectivity index (χ0n) is 4.41. The Kier molecular flexibility index (Phi) is 5.15. The summed E-state index contributed by atoms with van der Waals surface area (Å²) in [6.07, 6.45) is 1.74. The molecule has 2 N–H and O–H groups in total. The van der Waals surface area contributed by atoms with Crippen molar-refractivity contribution in [2.75, 3.05) is 13.2 Å². The Morgan fingerprint density at radius 1 is 1.88 bits per heavy atom. The Labute approximate surface area is 47.3 Å². The number of primary amides is 1. The first kappa shape index (κ1) is 6.94. The van der Waals surface area contributed by atoms with Crippen molar-refractivity contribution in [2.45, 2.75) is 0 Å². The molecule has 0 saturated carbocycles. The van der Waals surface area contributed by atoms with Gasteiger partial charge in [0.15, 0.2) is 6.40 Å². The first-order valence-electron chi connectivity index (χ1n) is 2.17. The molecule has 4 nitrogen and oxygen atoms in total. The lowest BCUT2D eigenvalue weighted by Gasteiger charge is -1.76. The van der Waals surface area contributed by atoms with Crippen LogP contribution in [0.4, 0.5) is 0 Å². The molecular formula is C4H8N2O2. The summed E-state index contributed by atoms with van der Waals surface area (Å²) in [5, 5.41) is 0. The number of rotatable bonds is 0. The Hall–Kier alpha value is -1.06. The third kappa shape index (κ3) is 4.94. The van der Waals surface area contributed by atoms with Crippen LogP contribution in [0, 0.1) is 0 Å². The molecule has 1 heterocycles. The maximum absolute atomic E-state index is 8.58. The molecule has 0 fully saturated rings. The van der Waals surface area contributed by atoms with E-state index < -0.39 is 0 Å². The van der Waals surface area contributed by atoms with Crippen LogP contribution in [-0.4, -0.2) is 26.0 Å². The van der Waals surface area contributed by atoms with Crippen LogP contribution >= 0.6 is 0 Å². The fourth-order valence-electron chi connectivity index (χ4n) is 0.264. The van der Waals surface area contributed by atoms with Gasteiger partial charge < -0.3 is 10.5 Å². The number of nitrogens with two attached hydrogens (primary N) is 1. The minimum Gasteiger partial charge on any atom is -0.482 e. The van der Waals surface area contributed by atoms with E-state index in [1.807, 2.05) is 0 Å². The van der Waals surface area contributed by atoms with E-state index in [-0.39, 0.29) is 6.41 Å². The topological polar surface area (TPSA) is 64.7 Å². The molecule has 46 valence electrons. The quantitative estimate of drug-likeness (QED) is 0.419. The number of ether oxygens (including phenoxy) is 1. The Morgan fingerprint density at radius 2 is 2.50 bits per heavy atom. The number of nitrogens with zero attached hydrogens (tertiary/aromatic N) is 1. The van der Waals surface area contributed by atoms with E-state index in [0.29, 0.717) is 0 Å². The van der Waals surface area contributed by atoms with Crippen molar-refractivity contribution in [1.82, 2.24) is 0 Å². The molecule has 0 spiro atoms. The number of carbonyl (C=O) groups is 1. The Bertz CT molecular complexity index is 76.1. The second kappa shape index (κ2) is 5.94. The van der Waals surface area contributed by atoms with Gasteiger partial charge in [0.05, 0.1) is 6.54 Å². The highest BCUT2D eigenvalue weighted by molar-refractivity contribution is 5.47. The molecule has 0 bridgehead atoms. The van der Waals surface area contributed by atoms with Gasteiger partial charge in [-0.25, -0.2) is 0 Å². The van der Waals surface area contributed by atoms with Crippen molar-refractivity contribution in [3.05, 3.63) is 0 Å². The monoisotopic (exact) mass is 116 g/mol. The van der Waals surface area contributed by atoms with Crippen LogP contribution in [0.25, 0.3) is 0 Å². The Balaban J connectivity index is 0.000000145. The molecule has 0 atom stereocenters. The average molecular weight is 116 g/mol. The predicted octanol–water partition coefficient (Wildman–Crippen LogP) is -0.854. The maximum Gasteiger partial charge on any atom is 0.204 e. The molecule has 0 aromatic heterocycles. The van der Waals surface area contributed by atoms with Crippen LogP contribution in [-0.2, 0) is 9.53 Å². The summed E-state index contributed by atoms with van der Waals surface area (Å²) in [5.74, 6) is 0. The minimum absolute atomic E-state index is 0.250. The normalized spacial score (nSPS) is 13.5. The minimum atomic E-state index is 0.250. The molecule has 0 aromatic carbocycles. The van der Waals surface area contributed by atoms with Crippen molar-refractivity contribution in [2.24, 2.45) is 10.7 Å². The third-order valence-corrected chi connectivity index (χ3v) is 0.487. The fraction of sp³-hybridized carbons (Fsp3) is 0.500. The first-order valence-corrected chi connectivity index (χ1v) is 2.17. The first-order chi connectivity index (χ1) is 3.91. The van der Waals surface area contributed by atoms with Crippen LogP contribution in [0.3, 0.4) is 0 Å². The standard InChI is InChI=1S/C3H5NO.CH3NO/c1-2-5-3-4-1;2-1-3/h3H,1-2H2;1H,(H2,2,3). The van der Waals surface area contributed by atoms with Gasteiger partial charge in [-0.1, -0.05) is 0 Å². The second-order valence-electron chi connectivity index (χ2n) is 1.02. The highest BCUT2D eigenvalue weighted by Crippen LogP contribution is 1.78. The smallest absolute Gasteiger partial charge is 0.204 e. The molecule has 0 unspecified atom stereocenters. The zero-order chi connectivity index (χ0) is 6.24. The molecule has 1 aliphatic rings. The largest absolute Gasteiger partial charge is 0.482 e.